The zero-order valence-corrected chi connectivity index (χ0v) is 10.7. The first-order valence-electron chi connectivity index (χ1n) is 6.22. The van der Waals surface area contributed by atoms with Crippen LogP contribution in [0.3, 0.4) is 0 Å². The fourth-order valence-corrected chi connectivity index (χ4v) is 2.29. The van der Waals surface area contributed by atoms with Crippen LogP contribution in [-0.4, -0.2) is 11.5 Å². The molecule has 0 saturated carbocycles. The predicted octanol–water partition coefficient (Wildman–Crippen LogP) is 3.53. The summed E-state index contributed by atoms with van der Waals surface area (Å²) in [4.78, 5) is 4.49. The van der Waals surface area contributed by atoms with Crippen LogP contribution in [0.1, 0.15) is 19.4 Å². The molecule has 0 aliphatic carbocycles. The molecule has 2 aromatic rings. The van der Waals surface area contributed by atoms with Gasteiger partial charge in [-0.25, -0.2) is 4.98 Å². The van der Waals surface area contributed by atoms with Gasteiger partial charge in [0.05, 0.1) is 0 Å². The lowest BCUT2D eigenvalue weighted by molar-refractivity contribution is 0.584. The van der Waals surface area contributed by atoms with Crippen molar-refractivity contribution in [3.05, 3.63) is 48.2 Å². The molecule has 3 heteroatoms. The second-order valence-electron chi connectivity index (χ2n) is 5.34. The normalized spacial score (nSPS) is 15.9. The van der Waals surface area contributed by atoms with Crippen LogP contribution in [0.25, 0.3) is 0 Å². The van der Waals surface area contributed by atoms with E-state index in [2.05, 4.69) is 35.5 Å². The average molecular weight is 239 g/mol. The molecule has 0 unspecified atom stereocenters. The maximum absolute atomic E-state index is 4.49. The van der Waals surface area contributed by atoms with Crippen molar-refractivity contribution in [1.29, 1.82) is 0 Å². The van der Waals surface area contributed by atoms with Crippen LogP contribution >= 0.6 is 0 Å². The van der Waals surface area contributed by atoms with E-state index in [-0.39, 0.29) is 5.41 Å². The van der Waals surface area contributed by atoms with Gasteiger partial charge < -0.3 is 10.6 Å². The van der Waals surface area contributed by atoms with Crippen LogP contribution in [0.4, 0.5) is 17.2 Å². The number of anilines is 3. The smallest absolute Gasteiger partial charge is 0.132 e. The summed E-state index contributed by atoms with van der Waals surface area (Å²) < 4.78 is 0. The quantitative estimate of drug-likeness (QED) is 0.841. The van der Waals surface area contributed by atoms with Crippen molar-refractivity contribution in [2.75, 3.05) is 17.2 Å². The Morgan fingerprint density at radius 1 is 1.22 bits per heavy atom. The molecule has 1 aliphatic rings. The number of nitrogens with zero attached hydrogens (tertiary/aromatic N) is 1. The van der Waals surface area contributed by atoms with Gasteiger partial charge in [-0.1, -0.05) is 32.0 Å². The second kappa shape index (κ2) is 4.02. The van der Waals surface area contributed by atoms with Gasteiger partial charge in [0.15, 0.2) is 0 Å². The van der Waals surface area contributed by atoms with E-state index in [4.69, 9.17) is 0 Å². The predicted molar refractivity (Wildman–Crippen MR) is 75.5 cm³/mol. The SMILES string of the molecule is CC1(C)CNc2cc(Nc3ccccc3)ncc21. The molecular weight excluding hydrogens is 222 g/mol. The van der Waals surface area contributed by atoms with Crippen molar-refractivity contribution >= 4 is 17.2 Å². The van der Waals surface area contributed by atoms with Crippen LogP contribution in [0.5, 0.6) is 0 Å². The van der Waals surface area contributed by atoms with E-state index >= 15 is 0 Å². The van der Waals surface area contributed by atoms with E-state index in [1.807, 2.05) is 36.5 Å². The molecule has 1 aromatic heterocycles. The Kier molecular flexibility index (Phi) is 2.47. The fourth-order valence-electron chi connectivity index (χ4n) is 2.29. The van der Waals surface area contributed by atoms with Crippen LogP contribution in [0.15, 0.2) is 42.6 Å². The Bertz CT molecular complexity index is 561. The number of hydrogen-bond acceptors (Lipinski definition) is 3. The number of aromatic nitrogens is 1. The van der Waals surface area contributed by atoms with Crippen LogP contribution in [-0.2, 0) is 5.41 Å². The van der Waals surface area contributed by atoms with Gasteiger partial charge >= 0.3 is 0 Å². The zero-order valence-electron chi connectivity index (χ0n) is 10.7. The Morgan fingerprint density at radius 2 is 2.00 bits per heavy atom. The van der Waals surface area contributed by atoms with Gasteiger partial charge in [0.1, 0.15) is 5.82 Å². The molecule has 1 aromatic carbocycles. The Balaban J connectivity index is 1.88. The zero-order chi connectivity index (χ0) is 12.6. The first-order chi connectivity index (χ1) is 8.65. The van der Waals surface area contributed by atoms with E-state index in [9.17, 15) is 0 Å². The van der Waals surface area contributed by atoms with Gasteiger partial charge in [-0.2, -0.15) is 0 Å². The summed E-state index contributed by atoms with van der Waals surface area (Å²) in [6.45, 7) is 5.44. The number of nitrogens with one attached hydrogen (secondary N) is 2. The topological polar surface area (TPSA) is 37.0 Å². The summed E-state index contributed by atoms with van der Waals surface area (Å²) in [7, 11) is 0. The molecule has 18 heavy (non-hydrogen) atoms. The summed E-state index contributed by atoms with van der Waals surface area (Å²) in [6.07, 6.45) is 1.97. The van der Waals surface area contributed by atoms with Gasteiger partial charge in [-0.3, -0.25) is 0 Å². The molecule has 0 fully saturated rings. The third-order valence-corrected chi connectivity index (χ3v) is 3.40. The molecule has 1 aliphatic heterocycles. The highest BCUT2D eigenvalue weighted by atomic mass is 15.0. The van der Waals surface area contributed by atoms with Crippen LogP contribution in [0.2, 0.25) is 0 Å². The molecule has 3 rings (SSSR count). The minimum Gasteiger partial charge on any atom is -0.384 e. The van der Waals surface area contributed by atoms with Crippen LogP contribution < -0.4 is 10.6 Å². The van der Waals surface area contributed by atoms with Crippen molar-refractivity contribution in [2.45, 2.75) is 19.3 Å². The molecular formula is C15H17N3. The maximum Gasteiger partial charge on any atom is 0.132 e. The highest BCUT2D eigenvalue weighted by molar-refractivity contribution is 5.66. The second-order valence-corrected chi connectivity index (χ2v) is 5.34. The lowest BCUT2D eigenvalue weighted by Crippen LogP contribution is -2.19. The molecule has 0 radical (unpaired) electrons. The number of rotatable bonds is 2. The van der Waals surface area contributed by atoms with Crippen LogP contribution in [0, 0.1) is 0 Å². The number of fused-ring (bicyclic) bond motifs is 1. The molecule has 2 heterocycles. The van der Waals surface area contributed by atoms with Gasteiger partial charge in [0.2, 0.25) is 0 Å². The number of benzene rings is 1. The number of hydrogen-bond donors (Lipinski definition) is 2. The summed E-state index contributed by atoms with van der Waals surface area (Å²) in [6, 6.07) is 12.2. The summed E-state index contributed by atoms with van der Waals surface area (Å²) in [5, 5.41) is 6.75. The summed E-state index contributed by atoms with van der Waals surface area (Å²) in [5.74, 6) is 0.880. The van der Waals surface area contributed by atoms with Crippen molar-refractivity contribution in [3.63, 3.8) is 0 Å². The standard InChI is InChI=1S/C15H17N3/c1-15(2)10-17-13-8-14(16-9-12(13)15)18-11-6-4-3-5-7-11/h3-9,17H,10H2,1-2H3,(H,16,18). The molecule has 2 N–H and O–H groups in total. The summed E-state index contributed by atoms with van der Waals surface area (Å²) in [5.41, 5.74) is 3.71. The van der Waals surface area contributed by atoms with Gasteiger partial charge in [-0.05, 0) is 12.1 Å². The number of pyridine rings is 1. The van der Waals surface area contributed by atoms with Gasteiger partial charge in [0, 0.05) is 41.2 Å². The molecule has 0 amide bonds. The van der Waals surface area contributed by atoms with Crippen molar-refractivity contribution in [1.82, 2.24) is 4.98 Å². The molecule has 0 bridgehead atoms. The van der Waals surface area contributed by atoms with E-state index in [1.165, 1.54) is 11.3 Å². The van der Waals surface area contributed by atoms with Crippen molar-refractivity contribution in [2.24, 2.45) is 0 Å². The maximum atomic E-state index is 4.49. The summed E-state index contributed by atoms with van der Waals surface area (Å²) >= 11 is 0. The Hall–Kier alpha value is -2.03. The minimum absolute atomic E-state index is 0.174. The van der Waals surface area contributed by atoms with Crippen molar-refractivity contribution in [3.8, 4) is 0 Å². The first-order valence-corrected chi connectivity index (χ1v) is 6.22. The largest absolute Gasteiger partial charge is 0.384 e. The van der Waals surface area contributed by atoms with E-state index in [1.54, 1.807) is 0 Å². The molecule has 3 nitrogen and oxygen atoms in total. The third-order valence-electron chi connectivity index (χ3n) is 3.40. The average Bonchev–Trinajstić information content (AvgIpc) is 2.66. The van der Waals surface area contributed by atoms with Crippen molar-refractivity contribution < 1.29 is 0 Å². The Morgan fingerprint density at radius 3 is 2.78 bits per heavy atom. The first kappa shape index (κ1) is 11.1. The minimum atomic E-state index is 0.174. The highest BCUT2D eigenvalue weighted by Crippen LogP contribution is 2.36. The molecule has 92 valence electrons. The monoisotopic (exact) mass is 239 g/mol. The van der Waals surface area contributed by atoms with E-state index in [0.29, 0.717) is 0 Å². The molecule has 0 atom stereocenters. The van der Waals surface area contributed by atoms with E-state index in [0.717, 1.165) is 18.1 Å². The molecule has 0 spiro atoms. The third kappa shape index (κ3) is 1.92. The highest BCUT2D eigenvalue weighted by Gasteiger charge is 2.30. The number of para-hydroxylation sites is 1. The fraction of sp³-hybridized carbons (Fsp3) is 0.267. The Labute approximate surface area is 107 Å². The molecule has 0 saturated heterocycles. The lowest BCUT2D eigenvalue weighted by Gasteiger charge is -2.16. The van der Waals surface area contributed by atoms with E-state index < -0.39 is 0 Å². The van der Waals surface area contributed by atoms with Gasteiger partial charge in [-0.15, -0.1) is 0 Å². The lowest BCUT2D eigenvalue weighted by atomic mass is 9.88. The van der Waals surface area contributed by atoms with Gasteiger partial charge in [0.25, 0.3) is 0 Å².